The molecule has 1 atom stereocenters. The number of hydrogen-bond acceptors (Lipinski definition) is 4. The maximum Gasteiger partial charge on any atom is 0.182 e. The van der Waals surface area contributed by atoms with E-state index >= 15 is 0 Å². The molecule has 1 aromatic carbocycles. The minimum Gasteiger partial charge on any atom is -0.475 e. The third-order valence-corrected chi connectivity index (χ3v) is 4.85. The molecule has 1 aromatic rings. The maximum atomic E-state index is 12.2. The van der Waals surface area contributed by atoms with E-state index in [-0.39, 0.29) is 6.04 Å². The molecule has 0 aromatic heterocycles. The van der Waals surface area contributed by atoms with Gasteiger partial charge in [0.2, 0.25) is 0 Å². The van der Waals surface area contributed by atoms with E-state index in [1.807, 2.05) is 18.2 Å². The first-order chi connectivity index (χ1) is 11.1. The average molecular weight is 314 g/mol. The lowest BCUT2D eigenvalue weighted by atomic mass is 10.1. The highest BCUT2D eigenvalue weighted by atomic mass is 16.5. The Labute approximate surface area is 138 Å². The Morgan fingerprint density at radius 1 is 1.22 bits per heavy atom. The van der Waals surface area contributed by atoms with E-state index in [1.165, 1.54) is 0 Å². The molecule has 1 heterocycles. The van der Waals surface area contributed by atoms with E-state index < -0.39 is 0 Å². The van der Waals surface area contributed by atoms with Crippen LogP contribution in [0.15, 0.2) is 42.8 Å². The lowest BCUT2D eigenvalue weighted by Crippen LogP contribution is -2.51. The second-order valence-electron chi connectivity index (χ2n) is 6.54. The summed E-state index contributed by atoms with van der Waals surface area (Å²) in [6.07, 6.45) is 2.18. The van der Waals surface area contributed by atoms with Gasteiger partial charge in [-0.2, -0.15) is 0 Å². The number of Topliss-reactive ketones (excluding diaryl/α,β-unsaturated/α-hetero) is 1. The van der Waals surface area contributed by atoms with Gasteiger partial charge in [-0.3, -0.25) is 9.69 Å². The van der Waals surface area contributed by atoms with Crippen LogP contribution < -0.4 is 0 Å². The normalized spacial score (nSPS) is 20.1. The van der Waals surface area contributed by atoms with Crippen LogP contribution >= 0.6 is 0 Å². The maximum absolute atomic E-state index is 12.2. The number of carbonyl (C=O) groups is 1. The third kappa shape index (κ3) is 4.14. The Morgan fingerprint density at radius 2 is 1.87 bits per heavy atom. The smallest absolute Gasteiger partial charge is 0.182 e. The van der Waals surface area contributed by atoms with Crippen LogP contribution in [0.3, 0.4) is 0 Å². The van der Waals surface area contributed by atoms with Gasteiger partial charge in [0.25, 0.3) is 0 Å². The second-order valence-corrected chi connectivity index (χ2v) is 6.54. The molecule has 2 aliphatic rings. The van der Waals surface area contributed by atoms with Gasteiger partial charge in [0, 0.05) is 32.1 Å². The summed E-state index contributed by atoms with van der Waals surface area (Å²) < 4.78 is 5.80. The number of ketones is 1. The molecule has 124 valence electrons. The van der Waals surface area contributed by atoms with E-state index in [0.29, 0.717) is 18.3 Å². The predicted molar refractivity (Wildman–Crippen MR) is 90.7 cm³/mol. The molecule has 0 N–H and O–H groups in total. The fourth-order valence-electron chi connectivity index (χ4n) is 3.08. The molecule has 1 aliphatic carbocycles. The van der Waals surface area contributed by atoms with Gasteiger partial charge in [-0.15, -0.1) is 0 Å². The summed E-state index contributed by atoms with van der Waals surface area (Å²) in [5, 5.41) is 0. The van der Waals surface area contributed by atoms with Crippen molar-refractivity contribution in [1.82, 2.24) is 9.80 Å². The molecule has 0 amide bonds. The molecule has 2 fully saturated rings. The zero-order chi connectivity index (χ0) is 16.2. The van der Waals surface area contributed by atoms with Crippen LogP contribution in [0.5, 0.6) is 0 Å². The summed E-state index contributed by atoms with van der Waals surface area (Å²) in [4.78, 5) is 16.6. The van der Waals surface area contributed by atoms with E-state index in [9.17, 15) is 4.79 Å². The van der Waals surface area contributed by atoms with Gasteiger partial charge in [0.05, 0.1) is 6.04 Å². The molecule has 3 rings (SSSR count). The van der Waals surface area contributed by atoms with Crippen LogP contribution in [0.4, 0.5) is 0 Å². The number of ether oxygens (including phenoxy) is 1. The predicted octanol–water partition coefficient (Wildman–Crippen LogP) is 2.66. The Balaban J connectivity index is 1.43. The molecule has 23 heavy (non-hydrogen) atoms. The van der Waals surface area contributed by atoms with Crippen molar-refractivity contribution in [3.63, 3.8) is 0 Å². The van der Waals surface area contributed by atoms with Crippen LogP contribution in [0.1, 0.15) is 25.3 Å². The van der Waals surface area contributed by atoms with Crippen molar-refractivity contribution >= 4 is 5.78 Å². The standard InChI is InChI=1S/C19H26N2O2/c1-15(19(22)18-8-9-18)20-10-12-21(13-11-20)16(2)23-14-17-6-4-3-5-7-17/h3-7,15,18H,2,8-14H2,1H3. The number of nitrogens with zero attached hydrogens (tertiary/aromatic N) is 2. The zero-order valence-corrected chi connectivity index (χ0v) is 13.9. The second kappa shape index (κ2) is 7.18. The highest BCUT2D eigenvalue weighted by Crippen LogP contribution is 2.32. The molecule has 1 unspecified atom stereocenters. The molecule has 4 heteroatoms. The van der Waals surface area contributed by atoms with Gasteiger partial charge in [0.15, 0.2) is 11.7 Å². The van der Waals surface area contributed by atoms with E-state index in [2.05, 4.69) is 35.4 Å². The van der Waals surface area contributed by atoms with Crippen LogP contribution in [-0.4, -0.2) is 47.8 Å². The molecule has 0 bridgehead atoms. The van der Waals surface area contributed by atoms with Crippen LogP contribution in [-0.2, 0) is 16.1 Å². The van der Waals surface area contributed by atoms with Gasteiger partial charge in [0.1, 0.15) is 6.61 Å². The summed E-state index contributed by atoms with van der Waals surface area (Å²) in [6.45, 7) is 10.2. The van der Waals surface area contributed by atoms with Gasteiger partial charge in [-0.05, 0) is 31.9 Å². The van der Waals surface area contributed by atoms with Gasteiger partial charge in [-0.25, -0.2) is 0 Å². The molecular weight excluding hydrogens is 288 g/mol. The van der Waals surface area contributed by atoms with Crippen molar-refractivity contribution in [2.75, 3.05) is 26.2 Å². The van der Waals surface area contributed by atoms with E-state index in [0.717, 1.165) is 50.5 Å². The quantitative estimate of drug-likeness (QED) is 0.725. The molecular formula is C19H26N2O2. The minimum atomic E-state index is 0.0585. The summed E-state index contributed by atoms with van der Waals surface area (Å²) in [5.74, 6) is 1.50. The van der Waals surface area contributed by atoms with Crippen molar-refractivity contribution in [2.45, 2.75) is 32.4 Å². The lowest BCUT2D eigenvalue weighted by Gasteiger charge is -2.38. The minimum absolute atomic E-state index is 0.0585. The Morgan fingerprint density at radius 3 is 2.48 bits per heavy atom. The Hall–Kier alpha value is -1.81. The first-order valence-electron chi connectivity index (χ1n) is 8.53. The molecule has 1 saturated heterocycles. The SMILES string of the molecule is C=C(OCc1ccccc1)N1CCN(C(C)C(=O)C2CC2)CC1. The lowest BCUT2D eigenvalue weighted by molar-refractivity contribution is -0.125. The van der Waals surface area contributed by atoms with Crippen molar-refractivity contribution in [1.29, 1.82) is 0 Å². The van der Waals surface area contributed by atoms with E-state index in [1.54, 1.807) is 0 Å². The summed E-state index contributed by atoms with van der Waals surface area (Å²) in [5.41, 5.74) is 1.15. The number of benzene rings is 1. The molecule has 0 spiro atoms. The fourth-order valence-corrected chi connectivity index (χ4v) is 3.08. The van der Waals surface area contributed by atoms with Crippen LogP contribution in [0.25, 0.3) is 0 Å². The largest absolute Gasteiger partial charge is 0.475 e. The molecule has 4 nitrogen and oxygen atoms in total. The first kappa shape index (κ1) is 16.1. The number of carbonyl (C=O) groups excluding carboxylic acids is 1. The number of rotatable bonds is 7. The number of piperazine rings is 1. The highest BCUT2D eigenvalue weighted by Gasteiger charge is 2.36. The van der Waals surface area contributed by atoms with Crippen molar-refractivity contribution < 1.29 is 9.53 Å². The zero-order valence-electron chi connectivity index (χ0n) is 13.9. The van der Waals surface area contributed by atoms with Crippen LogP contribution in [0.2, 0.25) is 0 Å². The monoisotopic (exact) mass is 314 g/mol. The Kier molecular flexibility index (Phi) is 5.01. The van der Waals surface area contributed by atoms with Crippen molar-refractivity contribution in [2.24, 2.45) is 5.92 Å². The molecule has 0 radical (unpaired) electrons. The van der Waals surface area contributed by atoms with E-state index in [4.69, 9.17) is 4.74 Å². The summed E-state index contributed by atoms with van der Waals surface area (Å²) in [6, 6.07) is 10.2. The summed E-state index contributed by atoms with van der Waals surface area (Å²) >= 11 is 0. The average Bonchev–Trinajstić information content (AvgIpc) is 3.44. The van der Waals surface area contributed by atoms with Crippen LogP contribution in [0, 0.1) is 5.92 Å². The van der Waals surface area contributed by atoms with Gasteiger partial charge in [-0.1, -0.05) is 30.3 Å². The highest BCUT2D eigenvalue weighted by molar-refractivity contribution is 5.87. The molecule has 1 saturated carbocycles. The van der Waals surface area contributed by atoms with Crippen molar-refractivity contribution in [3.8, 4) is 0 Å². The fraction of sp³-hybridized carbons (Fsp3) is 0.526. The molecule has 1 aliphatic heterocycles. The first-order valence-corrected chi connectivity index (χ1v) is 8.53. The topological polar surface area (TPSA) is 32.8 Å². The summed E-state index contributed by atoms with van der Waals surface area (Å²) in [7, 11) is 0. The third-order valence-electron chi connectivity index (χ3n) is 4.85. The van der Waals surface area contributed by atoms with Gasteiger partial charge < -0.3 is 9.64 Å². The van der Waals surface area contributed by atoms with Gasteiger partial charge >= 0.3 is 0 Å². The Bertz CT molecular complexity index is 546. The number of hydrogen-bond donors (Lipinski definition) is 0. The van der Waals surface area contributed by atoms with Crippen molar-refractivity contribution in [3.05, 3.63) is 48.4 Å².